The van der Waals surface area contributed by atoms with Gasteiger partial charge in [-0.1, -0.05) is 27.2 Å². The number of aromatic nitrogens is 1. The number of carbonyl (C=O) groups excluding carboxylic acids is 1. The Hall–Kier alpha value is -1.66. The van der Waals surface area contributed by atoms with Gasteiger partial charge in [0.25, 0.3) is 0 Å². The van der Waals surface area contributed by atoms with Crippen molar-refractivity contribution in [1.29, 1.82) is 0 Å². The van der Waals surface area contributed by atoms with E-state index in [9.17, 15) is 4.79 Å². The molecule has 2 aromatic rings. The molecule has 18 heavy (non-hydrogen) atoms. The summed E-state index contributed by atoms with van der Waals surface area (Å²) in [4.78, 5) is 11.6. The highest BCUT2D eigenvalue weighted by Gasteiger charge is 2.03. The first-order valence-corrected chi connectivity index (χ1v) is 6.19. The van der Waals surface area contributed by atoms with E-state index in [1.807, 2.05) is 24.3 Å². The highest BCUT2D eigenvalue weighted by atomic mass is 79.9. The van der Waals surface area contributed by atoms with E-state index < -0.39 is 0 Å². The van der Waals surface area contributed by atoms with Crippen LogP contribution in [0.2, 0.25) is 0 Å². The molecule has 0 aliphatic rings. The third kappa shape index (κ3) is 3.97. The number of hydrogen-bond acceptors (Lipinski definition) is 4. The molecule has 0 bridgehead atoms. The van der Waals surface area contributed by atoms with Crippen molar-refractivity contribution in [2.24, 2.45) is 0 Å². The van der Waals surface area contributed by atoms with Crippen LogP contribution in [0.3, 0.4) is 0 Å². The van der Waals surface area contributed by atoms with Crippen LogP contribution in [-0.4, -0.2) is 17.6 Å². The fraction of sp³-hybridized carbons (Fsp3) is 0.167. The predicted octanol–water partition coefficient (Wildman–Crippen LogP) is 2.17. The molecule has 0 saturated carbocycles. The van der Waals surface area contributed by atoms with Gasteiger partial charge in [0.15, 0.2) is 0 Å². The summed E-state index contributed by atoms with van der Waals surface area (Å²) >= 11 is 3.34. The molecular weight excluding hydrogens is 298 g/mol. The minimum absolute atomic E-state index is 0.104. The van der Waals surface area contributed by atoms with Gasteiger partial charge in [0.1, 0.15) is 5.76 Å². The average Bonchev–Trinajstić information content (AvgIpc) is 2.82. The Bertz CT molecular complexity index is 514. The van der Waals surface area contributed by atoms with Crippen molar-refractivity contribution >= 4 is 27.5 Å². The summed E-state index contributed by atoms with van der Waals surface area (Å²) in [5, 5.41) is 9.33. The van der Waals surface area contributed by atoms with Crippen LogP contribution < -0.4 is 10.6 Å². The van der Waals surface area contributed by atoms with Crippen LogP contribution in [-0.2, 0) is 11.3 Å². The quantitative estimate of drug-likeness (QED) is 0.888. The second-order valence-corrected chi connectivity index (χ2v) is 4.56. The largest absolute Gasteiger partial charge is 0.360 e. The molecule has 0 radical (unpaired) electrons. The van der Waals surface area contributed by atoms with Gasteiger partial charge in [0.2, 0.25) is 5.91 Å². The van der Waals surface area contributed by atoms with Crippen LogP contribution in [0.1, 0.15) is 5.76 Å². The lowest BCUT2D eigenvalue weighted by molar-refractivity contribution is -0.115. The SMILES string of the molecule is O=C(CNCc1ccno1)Nc1cccc(Br)c1. The standard InChI is InChI=1S/C12H12BrN3O2/c13-9-2-1-3-10(6-9)16-12(17)8-14-7-11-4-5-15-18-11/h1-6,14H,7-8H2,(H,16,17). The number of amides is 1. The maximum atomic E-state index is 11.6. The number of hydrogen-bond donors (Lipinski definition) is 2. The predicted molar refractivity (Wildman–Crippen MR) is 71.0 cm³/mol. The van der Waals surface area contributed by atoms with Crippen molar-refractivity contribution in [3.05, 3.63) is 46.8 Å². The Balaban J connectivity index is 1.75. The highest BCUT2D eigenvalue weighted by Crippen LogP contribution is 2.15. The Morgan fingerprint density at radius 2 is 2.28 bits per heavy atom. The molecule has 0 unspecified atom stereocenters. The van der Waals surface area contributed by atoms with Gasteiger partial charge in [-0.2, -0.15) is 0 Å². The van der Waals surface area contributed by atoms with Gasteiger partial charge in [-0.25, -0.2) is 0 Å². The monoisotopic (exact) mass is 309 g/mol. The summed E-state index contributed by atoms with van der Waals surface area (Å²) in [7, 11) is 0. The summed E-state index contributed by atoms with van der Waals surface area (Å²) in [5.41, 5.74) is 0.760. The van der Waals surface area contributed by atoms with Crippen molar-refractivity contribution < 1.29 is 9.32 Å². The highest BCUT2D eigenvalue weighted by molar-refractivity contribution is 9.10. The lowest BCUT2D eigenvalue weighted by Gasteiger charge is -2.05. The van der Waals surface area contributed by atoms with Gasteiger partial charge in [0.05, 0.1) is 19.3 Å². The first-order valence-electron chi connectivity index (χ1n) is 5.40. The number of nitrogens with zero attached hydrogens (tertiary/aromatic N) is 1. The molecule has 94 valence electrons. The van der Waals surface area contributed by atoms with Gasteiger partial charge >= 0.3 is 0 Å². The third-order valence-corrected chi connectivity index (χ3v) is 2.68. The van der Waals surface area contributed by atoms with Crippen LogP contribution >= 0.6 is 15.9 Å². The van der Waals surface area contributed by atoms with E-state index in [0.717, 1.165) is 10.2 Å². The second-order valence-electron chi connectivity index (χ2n) is 3.64. The van der Waals surface area contributed by atoms with Gasteiger partial charge in [-0.05, 0) is 18.2 Å². The molecule has 0 aliphatic heterocycles. The van der Waals surface area contributed by atoms with E-state index in [4.69, 9.17) is 4.52 Å². The Labute approximate surface area is 113 Å². The molecule has 1 aromatic heterocycles. The number of benzene rings is 1. The number of halogens is 1. The molecule has 2 N–H and O–H groups in total. The van der Waals surface area contributed by atoms with Crippen LogP contribution in [0, 0.1) is 0 Å². The number of carbonyl (C=O) groups is 1. The molecular formula is C12H12BrN3O2. The first-order chi connectivity index (χ1) is 8.74. The van der Waals surface area contributed by atoms with Crippen molar-refractivity contribution in [3.8, 4) is 0 Å². The minimum Gasteiger partial charge on any atom is -0.360 e. The molecule has 0 saturated heterocycles. The summed E-state index contributed by atoms with van der Waals surface area (Å²) in [5.74, 6) is 0.595. The molecule has 6 heteroatoms. The van der Waals surface area contributed by atoms with E-state index >= 15 is 0 Å². The zero-order valence-electron chi connectivity index (χ0n) is 9.52. The Morgan fingerprint density at radius 3 is 3.00 bits per heavy atom. The van der Waals surface area contributed by atoms with Crippen molar-refractivity contribution in [1.82, 2.24) is 10.5 Å². The molecule has 0 aliphatic carbocycles. The maximum Gasteiger partial charge on any atom is 0.238 e. The number of anilines is 1. The van der Waals surface area contributed by atoms with Crippen molar-refractivity contribution in [2.75, 3.05) is 11.9 Å². The number of rotatable bonds is 5. The third-order valence-electron chi connectivity index (χ3n) is 2.18. The van der Waals surface area contributed by atoms with Gasteiger partial charge < -0.3 is 15.2 Å². The number of nitrogens with one attached hydrogen (secondary N) is 2. The van der Waals surface area contributed by atoms with Gasteiger partial charge in [-0.3, -0.25) is 4.79 Å². The van der Waals surface area contributed by atoms with Gasteiger partial charge in [-0.15, -0.1) is 0 Å². The van der Waals surface area contributed by atoms with E-state index in [1.165, 1.54) is 0 Å². The second kappa shape index (κ2) is 6.32. The van der Waals surface area contributed by atoms with Crippen molar-refractivity contribution in [3.63, 3.8) is 0 Å². The normalized spacial score (nSPS) is 10.3. The Kier molecular flexibility index (Phi) is 4.49. The molecule has 1 amide bonds. The van der Waals surface area contributed by atoms with E-state index in [1.54, 1.807) is 12.3 Å². The minimum atomic E-state index is -0.104. The molecule has 1 aromatic carbocycles. The molecule has 0 fully saturated rings. The topological polar surface area (TPSA) is 67.2 Å². The molecule has 0 atom stereocenters. The van der Waals surface area contributed by atoms with E-state index in [2.05, 4.69) is 31.7 Å². The summed E-state index contributed by atoms with van der Waals surface area (Å²) in [6.07, 6.45) is 1.57. The van der Waals surface area contributed by atoms with Crippen LogP contribution in [0.25, 0.3) is 0 Å². The summed E-state index contributed by atoms with van der Waals surface area (Å²) < 4.78 is 5.82. The van der Waals surface area contributed by atoms with Crippen molar-refractivity contribution in [2.45, 2.75) is 6.54 Å². The van der Waals surface area contributed by atoms with Crippen LogP contribution in [0.15, 0.2) is 45.5 Å². The zero-order valence-corrected chi connectivity index (χ0v) is 11.1. The molecule has 5 nitrogen and oxygen atoms in total. The molecule has 1 heterocycles. The smallest absolute Gasteiger partial charge is 0.238 e. The lowest BCUT2D eigenvalue weighted by Crippen LogP contribution is -2.27. The zero-order chi connectivity index (χ0) is 12.8. The fourth-order valence-corrected chi connectivity index (χ4v) is 1.80. The molecule has 0 spiro atoms. The summed E-state index contributed by atoms with van der Waals surface area (Å²) in [6, 6.07) is 9.19. The van der Waals surface area contributed by atoms with Crippen LogP contribution in [0.5, 0.6) is 0 Å². The summed E-state index contributed by atoms with van der Waals surface area (Å²) in [6.45, 7) is 0.694. The first kappa shape index (κ1) is 12.8. The fourth-order valence-electron chi connectivity index (χ4n) is 1.40. The lowest BCUT2D eigenvalue weighted by atomic mass is 10.3. The Morgan fingerprint density at radius 1 is 1.39 bits per heavy atom. The van der Waals surface area contributed by atoms with E-state index in [-0.39, 0.29) is 12.5 Å². The van der Waals surface area contributed by atoms with E-state index in [0.29, 0.717) is 12.3 Å². The average molecular weight is 310 g/mol. The van der Waals surface area contributed by atoms with Crippen LogP contribution in [0.4, 0.5) is 5.69 Å². The maximum absolute atomic E-state index is 11.6. The molecule has 2 rings (SSSR count). The van der Waals surface area contributed by atoms with Gasteiger partial charge in [0, 0.05) is 16.2 Å².